The van der Waals surface area contributed by atoms with Crippen molar-refractivity contribution in [1.29, 1.82) is 0 Å². The van der Waals surface area contributed by atoms with Crippen molar-refractivity contribution < 1.29 is 0 Å². The van der Waals surface area contributed by atoms with Gasteiger partial charge in [0.05, 0.1) is 6.20 Å². The Hall–Kier alpha value is -1.16. The van der Waals surface area contributed by atoms with Crippen LogP contribution in [0.25, 0.3) is 0 Å². The lowest BCUT2D eigenvalue weighted by Crippen LogP contribution is -2.50. The van der Waals surface area contributed by atoms with Gasteiger partial charge in [-0.2, -0.15) is 0 Å². The molecule has 1 fully saturated rings. The minimum atomic E-state index is 0.290. The van der Waals surface area contributed by atoms with E-state index in [4.69, 9.17) is 0 Å². The molecular formula is C11H18N4. The number of anilines is 1. The number of hydrogen-bond acceptors (Lipinski definition) is 4. The zero-order valence-electron chi connectivity index (χ0n) is 9.40. The van der Waals surface area contributed by atoms with Gasteiger partial charge in [0.25, 0.3) is 0 Å². The Balaban J connectivity index is 2.00. The van der Waals surface area contributed by atoms with E-state index in [2.05, 4.69) is 27.1 Å². The Bertz CT molecular complexity index is 304. The molecule has 0 atom stereocenters. The summed E-state index contributed by atoms with van der Waals surface area (Å²) in [5.41, 5.74) is 0.290. The molecule has 0 spiro atoms. The summed E-state index contributed by atoms with van der Waals surface area (Å²) in [6, 6.07) is 0. The normalized spacial score (nSPS) is 20.3. The molecule has 1 aromatic heterocycles. The minimum Gasteiger partial charge on any atom is -0.355 e. The van der Waals surface area contributed by atoms with E-state index >= 15 is 0 Å². The second-order valence-corrected chi connectivity index (χ2v) is 4.36. The monoisotopic (exact) mass is 206 g/mol. The first-order valence-electron chi connectivity index (χ1n) is 5.43. The van der Waals surface area contributed by atoms with Crippen molar-refractivity contribution in [3.05, 3.63) is 18.6 Å². The third-order valence-electron chi connectivity index (χ3n) is 3.34. The van der Waals surface area contributed by atoms with Crippen LogP contribution in [-0.4, -0.2) is 35.6 Å². The molecule has 1 aromatic rings. The Labute approximate surface area is 90.7 Å². The Morgan fingerprint density at radius 1 is 1.33 bits per heavy atom. The van der Waals surface area contributed by atoms with Gasteiger partial charge < -0.3 is 10.2 Å². The maximum atomic E-state index is 4.32. The van der Waals surface area contributed by atoms with E-state index in [9.17, 15) is 0 Å². The van der Waals surface area contributed by atoms with Crippen molar-refractivity contribution in [2.75, 3.05) is 25.0 Å². The maximum absolute atomic E-state index is 4.32. The molecule has 0 radical (unpaired) electrons. The predicted octanol–water partition coefficient (Wildman–Crippen LogP) is 1.05. The van der Waals surface area contributed by atoms with Crippen molar-refractivity contribution in [3.8, 4) is 0 Å². The fraction of sp³-hybridized carbons (Fsp3) is 0.636. The van der Waals surface area contributed by atoms with Crippen LogP contribution in [0.15, 0.2) is 18.6 Å². The molecule has 15 heavy (non-hydrogen) atoms. The Kier molecular flexibility index (Phi) is 2.86. The number of nitrogens with one attached hydrogen (secondary N) is 1. The van der Waals surface area contributed by atoms with E-state index in [1.54, 1.807) is 12.4 Å². The fourth-order valence-corrected chi connectivity index (χ4v) is 1.93. The molecule has 1 aliphatic rings. The molecule has 1 saturated heterocycles. The first-order chi connectivity index (χ1) is 7.23. The topological polar surface area (TPSA) is 41.0 Å². The highest BCUT2D eigenvalue weighted by molar-refractivity contribution is 5.35. The average molecular weight is 206 g/mol. The van der Waals surface area contributed by atoms with Crippen LogP contribution in [0.1, 0.15) is 19.8 Å². The van der Waals surface area contributed by atoms with Crippen LogP contribution in [0.2, 0.25) is 0 Å². The van der Waals surface area contributed by atoms with Crippen LogP contribution >= 0.6 is 0 Å². The molecule has 1 aliphatic heterocycles. The lowest BCUT2D eigenvalue weighted by Gasteiger charge is -2.39. The highest BCUT2D eigenvalue weighted by Gasteiger charge is 2.28. The summed E-state index contributed by atoms with van der Waals surface area (Å²) in [6.07, 6.45) is 7.61. The van der Waals surface area contributed by atoms with Crippen LogP contribution in [-0.2, 0) is 0 Å². The van der Waals surface area contributed by atoms with Gasteiger partial charge in [0, 0.05) is 31.0 Å². The number of piperidine rings is 1. The van der Waals surface area contributed by atoms with Gasteiger partial charge in [-0.1, -0.05) is 0 Å². The summed E-state index contributed by atoms with van der Waals surface area (Å²) >= 11 is 0. The van der Waals surface area contributed by atoms with Gasteiger partial charge in [0.1, 0.15) is 5.82 Å². The summed E-state index contributed by atoms with van der Waals surface area (Å²) < 4.78 is 0. The van der Waals surface area contributed by atoms with Crippen LogP contribution < -0.4 is 10.2 Å². The van der Waals surface area contributed by atoms with Gasteiger partial charge in [0.15, 0.2) is 0 Å². The summed E-state index contributed by atoms with van der Waals surface area (Å²) in [4.78, 5) is 10.7. The number of hydrogen-bond donors (Lipinski definition) is 1. The van der Waals surface area contributed by atoms with E-state index < -0.39 is 0 Å². The number of nitrogens with zero attached hydrogens (tertiary/aromatic N) is 3. The maximum Gasteiger partial charge on any atom is 0.147 e. The van der Waals surface area contributed by atoms with E-state index in [1.165, 1.54) is 0 Å². The standard InChI is InChI=1S/C11H18N4/c1-11(12-2)3-7-15(8-4-11)10-9-13-5-6-14-10/h5-6,9,12H,3-4,7-8H2,1-2H3. The van der Waals surface area contributed by atoms with E-state index in [0.717, 1.165) is 31.7 Å². The van der Waals surface area contributed by atoms with Gasteiger partial charge in [-0.3, -0.25) is 4.98 Å². The molecule has 4 nitrogen and oxygen atoms in total. The second-order valence-electron chi connectivity index (χ2n) is 4.36. The van der Waals surface area contributed by atoms with Gasteiger partial charge in [-0.25, -0.2) is 4.98 Å². The molecule has 0 aliphatic carbocycles. The first kappa shape index (κ1) is 10.4. The van der Waals surface area contributed by atoms with Crippen molar-refractivity contribution in [1.82, 2.24) is 15.3 Å². The molecule has 4 heteroatoms. The van der Waals surface area contributed by atoms with Gasteiger partial charge in [-0.05, 0) is 26.8 Å². The summed E-state index contributed by atoms with van der Waals surface area (Å²) in [5.74, 6) is 0.996. The van der Waals surface area contributed by atoms with E-state index in [-0.39, 0.29) is 0 Å². The lowest BCUT2D eigenvalue weighted by molar-refractivity contribution is 0.304. The Morgan fingerprint density at radius 3 is 2.60 bits per heavy atom. The zero-order chi connectivity index (χ0) is 10.7. The summed E-state index contributed by atoms with van der Waals surface area (Å²) in [7, 11) is 2.04. The highest BCUT2D eigenvalue weighted by Crippen LogP contribution is 2.23. The molecule has 0 bridgehead atoms. The van der Waals surface area contributed by atoms with Crippen LogP contribution in [0, 0.1) is 0 Å². The highest BCUT2D eigenvalue weighted by atomic mass is 15.2. The number of rotatable bonds is 2. The van der Waals surface area contributed by atoms with Crippen molar-refractivity contribution in [2.45, 2.75) is 25.3 Å². The molecule has 0 unspecified atom stereocenters. The van der Waals surface area contributed by atoms with Gasteiger partial charge in [0.2, 0.25) is 0 Å². The number of aromatic nitrogens is 2. The largest absolute Gasteiger partial charge is 0.355 e. The van der Waals surface area contributed by atoms with Crippen LogP contribution in [0.4, 0.5) is 5.82 Å². The molecule has 2 rings (SSSR count). The fourth-order valence-electron chi connectivity index (χ4n) is 1.93. The Morgan fingerprint density at radius 2 is 2.07 bits per heavy atom. The third-order valence-corrected chi connectivity index (χ3v) is 3.34. The zero-order valence-corrected chi connectivity index (χ0v) is 9.40. The molecule has 1 N–H and O–H groups in total. The molecule has 2 heterocycles. The van der Waals surface area contributed by atoms with Crippen LogP contribution in [0.5, 0.6) is 0 Å². The van der Waals surface area contributed by atoms with E-state index in [1.807, 2.05) is 13.2 Å². The predicted molar refractivity (Wildman–Crippen MR) is 60.9 cm³/mol. The first-order valence-corrected chi connectivity index (χ1v) is 5.43. The molecule has 0 aromatic carbocycles. The SMILES string of the molecule is CNC1(C)CCN(c2cnccn2)CC1. The smallest absolute Gasteiger partial charge is 0.147 e. The van der Waals surface area contributed by atoms with Gasteiger partial charge in [-0.15, -0.1) is 0 Å². The molecule has 82 valence electrons. The molecule has 0 amide bonds. The third kappa shape index (κ3) is 2.26. The summed E-state index contributed by atoms with van der Waals surface area (Å²) in [6.45, 7) is 4.38. The lowest BCUT2D eigenvalue weighted by atomic mass is 9.90. The minimum absolute atomic E-state index is 0.290. The molecular weight excluding hydrogens is 188 g/mol. The van der Waals surface area contributed by atoms with Crippen molar-refractivity contribution in [2.24, 2.45) is 0 Å². The van der Waals surface area contributed by atoms with Crippen LogP contribution in [0.3, 0.4) is 0 Å². The van der Waals surface area contributed by atoms with Crippen molar-refractivity contribution >= 4 is 5.82 Å². The second kappa shape index (κ2) is 4.14. The van der Waals surface area contributed by atoms with Gasteiger partial charge >= 0.3 is 0 Å². The molecule has 0 saturated carbocycles. The average Bonchev–Trinajstić information content (AvgIpc) is 2.31. The van der Waals surface area contributed by atoms with E-state index in [0.29, 0.717) is 5.54 Å². The summed E-state index contributed by atoms with van der Waals surface area (Å²) in [5, 5.41) is 3.39. The quantitative estimate of drug-likeness (QED) is 0.785. The van der Waals surface area contributed by atoms with Crippen molar-refractivity contribution in [3.63, 3.8) is 0 Å².